The van der Waals surface area contributed by atoms with Crippen molar-refractivity contribution in [1.29, 1.82) is 0 Å². The Morgan fingerprint density at radius 1 is 1.00 bits per heavy atom. The number of hydrogen-bond donors (Lipinski definition) is 1. The highest BCUT2D eigenvalue weighted by Crippen LogP contribution is 2.31. The summed E-state index contributed by atoms with van der Waals surface area (Å²) in [5.74, 6) is 1.43. The Hall–Kier alpha value is -3.02. The molecule has 2 aliphatic rings. The number of carbonyl (C=O) groups excluding carboxylic acids is 2. The quantitative estimate of drug-likeness (QED) is 0.620. The third kappa shape index (κ3) is 6.06. The van der Waals surface area contributed by atoms with Crippen molar-refractivity contribution in [1.82, 2.24) is 10.2 Å². The molecule has 1 fully saturated rings. The lowest BCUT2D eigenvalue weighted by Crippen LogP contribution is -2.51. The van der Waals surface area contributed by atoms with Crippen molar-refractivity contribution in [3.8, 4) is 11.5 Å². The summed E-state index contributed by atoms with van der Waals surface area (Å²) < 4.78 is 11.3. The summed E-state index contributed by atoms with van der Waals surface area (Å²) in [7, 11) is 0. The number of benzene rings is 2. The first kappa shape index (κ1) is 23.1. The van der Waals surface area contributed by atoms with E-state index in [1.54, 1.807) is 4.90 Å². The predicted molar refractivity (Wildman–Crippen MR) is 127 cm³/mol. The molecular formula is C27H34N2O4. The molecule has 1 saturated carbocycles. The van der Waals surface area contributed by atoms with E-state index in [4.69, 9.17) is 9.47 Å². The molecule has 1 atom stereocenters. The minimum absolute atomic E-state index is 0.0119. The summed E-state index contributed by atoms with van der Waals surface area (Å²) in [6.07, 6.45) is 5.87. The Labute approximate surface area is 196 Å². The van der Waals surface area contributed by atoms with E-state index in [0.717, 1.165) is 48.3 Å². The van der Waals surface area contributed by atoms with Crippen LogP contribution >= 0.6 is 0 Å². The van der Waals surface area contributed by atoms with Gasteiger partial charge in [0.15, 0.2) is 11.5 Å². The van der Waals surface area contributed by atoms with Gasteiger partial charge in [-0.25, -0.2) is 0 Å². The van der Waals surface area contributed by atoms with E-state index in [1.807, 2.05) is 55.5 Å². The van der Waals surface area contributed by atoms with Gasteiger partial charge in [-0.05, 0) is 48.9 Å². The fraction of sp³-hybridized carbons (Fsp3) is 0.481. The lowest BCUT2D eigenvalue weighted by atomic mass is 10.0. The van der Waals surface area contributed by atoms with Crippen LogP contribution in [-0.4, -0.2) is 42.0 Å². The van der Waals surface area contributed by atoms with Gasteiger partial charge in [-0.1, -0.05) is 56.2 Å². The van der Waals surface area contributed by atoms with Crippen LogP contribution in [0.25, 0.3) is 0 Å². The van der Waals surface area contributed by atoms with Crippen molar-refractivity contribution < 1.29 is 19.1 Å². The molecule has 1 N–H and O–H groups in total. The molecule has 2 aromatic rings. The van der Waals surface area contributed by atoms with Gasteiger partial charge in [0.05, 0.1) is 0 Å². The SMILES string of the molecule is CCC(C(=O)NC1CCCC1)N(Cc1ccccc1)C(=O)CCc1ccc2c(c1)OCCO2. The molecule has 6 heteroatoms. The fourth-order valence-corrected chi connectivity index (χ4v) is 4.71. The molecule has 0 bridgehead atoms. The number of aryl methyl sites for hydroxylation is 1. The predicted octanol–water partition coefficient (Wildman–Crippen LogP) is 4.26. The van der Waals surface area contributed by atoms with Crippen LogP contribution in [0, 0.1) is 0 Å². The van der Waals surface area contributed by atoms with Gasteiger partial charge >= 0.3 is 0 Å². The average molecular weight is 451 g/mol. The average Bonchev–Trinajstić information content (AvgIpc) is 3.36. The summed E-state index contributed by atoms with van der Waals surface area (Å²) >= 11 is 0. The van der Waals surface area contributed by atoms with E-state index in [9.17, 15) is 9.59 Å². The Morgan fingerprint density at radius 3 is 2.45 bits per heavy atom. The summed E-state index contributed by atoms with van der Waals surface area (Å²) in [5.41, 5.74) is 2.05. The summed E-state index contributed by atoms with van der Waals surface area (Å²) in [6, 6.07) is 15.5. The lowest BCUT2D eigenvalue weighted by Gasteiger charge is -2.31. The monoisotopic (exact) mass is 450 g/mol. The van der Waals surface area contributed by atoms with Crippen molar-refractivity contribution in [2.24, 2.45) is 0 Å². The van der Waals surface area contributed by atoms with Crippen LogP contribution in [0.1, 0.15) is 56.6 Å². The van der Waals surface area contributed by atoms with Crippen LogP contribution in [0.5, 0.6) is 11.5 Å². The number of hydrogen-bond acceptors (Lipinski definition) is 4. The van der Waals surface area contributed by atoms with Gasteiger partial charge in [0.2, 0.25) is 11.8 Å². The van der Waals surface area contributed by atoms with Crippen LogP contribution in [0.2, 0.25) is 0 Å². The second-order valence-corrected chi connectivity index (χ2v) is 8.90. The van der Waals surface area contributed by atoms with Crippen molar-refractivity contribution in [3.05, 3.63) is 59.7 Å². The Kier molecular flexibility index (Phi) is 7.87. The first-order valence-electron chi connectivity index (χ1n) is 12.2. The van der Waals surface area contributed by atoms with Gasteiger partial charge in [0.1, 0.15) is 19.3 Å². The molecule has 4 rings (SSSR count). The van der Waals surface area contributed by atoms with E-state index >= 15 is 0 Å². The van der Waals surface area contributed by atoms with E-state index < -0.39 is 6.04 Å². The van der Waals surface area contributed by atoms with E-state index in [1.165, 1.54) is 0 Å². The first-order chi connectivity index (χ1) is 16.1. The molecule has 1 aliphatic carbocycles. The molecule has 1 unspecified atom stereocenters. The molecule has 2 amide bonds. The largest absolute Gasteiger partial charge is 0.486 e. The van der Waals surface area contributed by atoms with E-state index in [-0.39, 0.29) is 17.9 Å². The Bertz CT molecular complexity index is 940. The normalized spacial score (nSPS) is 16.3. The number of fused-ring (bicyclic) bond motifs is 1. The smallest absolute Gasteiger partial charge is 0.243 e. The van der Waals surface area contributed by atoms with Crippen molar-refractivity contribution in [2.75, 3.05) is 13.2 Å². The number of ether oxygens (including phenoxy) is 2. The zero-order valence-corrected chi connectivity index (χ0v) is 19.4. The van der Waals surface area contributed by atoms with Gasteiger partial charge in [0.25, 0.3) is 0 Å². The molecule has 6 nitrogen and oxygen atoms in total. The number of nitrogens with one attached hydrogen (secondary N) is 1. The maximum Gasteiger partial charge on any atom is 0.243 e. The van der Waals surface area contributed by atoms with Crippen LogP contribution in [0.15, 0.2) is 48.5 Å². The van der Waals surface area contributed by atoms with Crippen molar-refractivity contribution in [2.45, 2.75) is 70.5 Å². The first-order valence-corrected chi connectivity index (χ1v) is 12.2. The molecule has 33 heavy (non-hydrogen) atoms. The van der Waals surface area contributed by atoms with Gasteiger partial charge in [0, 0.05) is 19.0 Å². The van der Waals surface area contributed by atoms with E-state index in [0.29, 0.717) is 39.0 Å². The molecule has 0 spiro atoms. The Balaban J connectivity index is 1.46. The van der Waals surface area contributed by atoms with Crippen molar-refractivity contribution >= 4 is 11.8 Å². The number of amides is 2. The molecular weight excluding hydrogens is 416 g/mol. The minimum Gasteiger partial charge on any atom is -0.486 e. The minimum atomic E-state index is -0.474. The highest BCUT2D eigenvalue weighted by Gasteiger charge is 2.30. The lowest BCUT2D eigenvalue weighted by molar-refractivity contribution is -0.141. The van der Waals surface area contributed by atoms with Crippen LogP contribution < -0.4 is 14.8 Å². The topological polar surface area (TPSA) is 67.9 Å². The molecule has 0 aromatic heterocycles. The number of rotatable bonds is 9. The van der Waals surface area contributed by atoms with Crippen LogP contribution in [0.3, 0.4) is 0 Å². The van der Waals surface area contributed by atoms with Crippen LogP contribution in [0.4, 0.5) is 0 Å². The van der Waals surface area contributed by atoms with Gasteiger partial charge in [-0.15, -0.1) is 0 Å². The van der Waals surface area contributed by atoms with Gasteiger partial charge in [-0.3, -0.25) is 9.59 Å². The maximum absolute atomic E-state index is 13.4. The van der Waals surface area contributed by atoms with Gasteiger partial charge < -0.3 is 19.7 Å². The molecule has 1 heterocycles. The van der Waals surface area contributed by atoms with Crippen LogP contribution in [-0.2, 0) is 22.6 Å². The summed E-state index contributed by atoms with van der Waals surface area (Å²) in [5, 5.41) is 3.20. The highest BCUT2D eigenvalue weighted by molar-refractivity contribution is 5.88. The third-order valence-corrected chi connectivity index (χ3v) is 6.52. The standard InChI is InChI=1S/C27H34N2O4/c1-2-23(27(31)28-22-10-6-7-11-22)29(19-21-8-4-3-5-9-21)26(30)15-13-20-12-14-24-25(18-20)33-17-16-32-24/h3-5,8-9,12,14,18,22-23H,2,6-7,10-11,13,15-17,19H2,1H3,(H,28,31). The van der Waals surface area contributed by atoms with Gasteiger partial charge in [-0.2, -0.15) is 0 Å². The summed E-state index contributed by atoms with van der Waals surface area (Å²) in [6.45, 7) is 3.50. The molecule has 0 radical (unpaired) electrons. The second kappa shape index (κ2) is 11.2. The maximum atomic E-state index is 13.4. The second-order valence-electron chi connectivity index (χ2n) is 8.90. The molecule has 1 aliphatic heterocycles. The molecule has 176 valence electrons. The number of carbonyl (C=O) groups is 2. The third-order valence-electron chi connectivity index (χ3n) is 6.52. The highest BCUT2D eigenvalue weighted by atomic mass is 16.6. The summed E-state index contributed by atoms with van der Waals surface area (Å²) in [4.78, 5) is 28.4. The zero-order chi connectivity index (χ0) is 23.0. The zero-order valence-electron chi connectivity index (χ0n) is 19.4. The number of nitrogens with zero attached hydrogens (tertiary/aromatic N) is 1. The Morgan fingerprint density at radius 2 is 1.73 bits per heavy atom. The van der Waals surface area contributed by atoms with E-state index in [2.05, 4.69) is 5.32 Å². The molecule has 0 saturated heterocycles. The fourth-order valence-electron chi connectivity index (χ4n) is 4.71. The van der Waals surface area contributed by atoms with Crippen molar-refractivity contribution in [3.63, 3.8) is 0 Å². The molecule has 2 aromatic carbocycles.